The average Bonchev–Trinajstić information content (AvgIpc) is 3.07. The summed E-state index contributed by atoms with van der Waals surface area (Å²) in [4.78, 5) is 12.2. The Hall–Kier alpha value is -2.41. The summed E-state index contributed by atoms with van der Waals surface area (Å²) < 4.78 is 24.8. The number of aromatic nitrogens is 1. The number of sulfone groups is 1. The Morgan fingerprint density at radius 3 is 2.64 bits per heavy atom. The predicted octanol–water partition coefficient (Wildman–Crippen LogP) is 1.43. The van der Waals surface area contributed by atoms with Crippen LogP contribution in [0.15, 0.2) is 52.6 Å². The van der Waals surface area contributed by atoms with Crippen molar-refractivity contribution >= 4 is 21.5 Å². The summed E-state index contributed by atoms with van der Waals surface area (Å²) in [5.74, 6) is -0.363. The number of hydrogen-bond donors (Lipinski definition) is 1. The molecule has 6 nitrogen and oxygen atoms in total. The molecule has 1 aromatic heterocycles. The second kappa shape index (κ2) is 5.42. The largest absolute Gasteiger partial charge is 0.346 e. The Balaban J connectivity index is 1.73. The highest BCUT2D eigenvalue weighted by Crippen LogP contribution is 2.15. The van der Waals surface area contributed by atoms with E-state index in [1.54, 1.807) is 0 Å². The molecular weight excluding hydrogens is 302 g/mol. The lowest BCUT2D eigenvalue weighted by atomic mass is 10.2. The fourth-order valence-corrected chi connectivity index (χ4v) is 3.01. The summed E-state index contributed by atoms with van der Waals surface area (Å²) in [6.07, 6.45) is 3.89. The van der Waals surface area contributed by atoms with Crippen LogP contribution in [0, 0.1) is 0 Å². The molecule has 0 radical (unpaired) electrons. The van der Waals surface area contributed by atoms with Crippen LogP contribution in [0.5, 0.6) is 0 Å². The molecule has 0 atom stereocenters. The minimum Gasteiger partial charge on any atom is -0.346 e. The van der Waals surface area contributed by atoms with Gasteiger partial charge < -0.3 is 4.57 Å². The maximum Gasteiger partial charge on any atom is 0.271 e. The van der Waals surface area contributed by atoms with Crippen LogP contribution in [0.4, 0.5) is 0 Å². The highest BCUT2D eigenvalue weighted by atomic mass is 32.2. The van der Waals surface area contributed by atoms with E-state index in [1.807, 2.05) is 18.3 Å². The molecule has 0 fully saturated rings. The molecule has 0 aliphatic carbocycles. The van der Waals surface area contributed by atoms with E-state index in [0.29, 0.717) is 5.56 Å². The molecule has 1 aliphatic rings. The minimum absolute atomic E-state index is 0.184. The van der Waals surface area contributed by atoms with E-state index < -0.39 is 9.84 Å². The number of hydrazone groups is 1. The molecule has 1 amide bonds. The topological polar surface area (TPSA) is 80.5 Å². The number of nitrogens with one attached hydrogen (secondary N) is 1. The van der Waals surface area contributed by atoms with Crippen LogP contribution < -0.4 is 5.43 Å². The van der Waals surface area contributed by atoms with Gasteiger partial charge in [-0.05, 0) is 36.4 Å². The number of fused-ring (bicyclic) bond motifs is 1. The second-order valence-corrected chi connectivity index (χ2v) is 7.15. The molecule has 7 heteroatoms. The Morgan fingerprint density at radius 1 is 1.23 bits per heavy atom. The van der Waals surface area contributed by atoms with Crippen molar-refractivity contribution in [3.05, 3.63) is 53.9 Å². The van der Waals surface area contributed by atoms with Gasteiger partial charge in [0.1, 0.15) is 0 Å². The summed E-state index contributed by atoms with van der Waals surface area (Å²) in [7, 11) is -3.26. The van der Waals surface area contributed by atoms with E-state index in [9.17, 15) is 13.2 Å². The van der Waals surface area contributed by atoms with Crippen LogP contribution in [0.3, 0.4) is 0 Å². The zero-order valence-corrected chi connectivity index (χ0v) is 12.8. The molecule has 2 aromatic rings. The maximum absolute atomic E-state index is 12.0. The molecule has 2 heterocycles. The first-order valence-electron chi connectivity index (χ1n) is 6.78. The Morgan fingerprint density at radius 2 is 1.95 bits per heavy atom. The molecule has 0 spiro atoms. The Labute approximate surface area is 128 Å². The van der Waals surface area contributed by atoms with E-state index in [4.69, 9.17) is 0 Å². The van der Waals surface area contributed by atoms with Gasteiger partial charge in [-0.1, -0.05) is 0 Å². The van der Waals surface area contributed by atoms with E-state index in [-0.39, 0.29) is 10.8 Å². The van der Waals surface area contributed by atoms with E-state index in [0.717, 1.165) is 30.6 Å². The van der Waals surface area contributed by atoms with Gasteiger partial charge in [-0.25, -0.2) is 13.8 Å². The third-order valence-electron chi connectivity index (χ3n) is 3.55. The number of nitrogens with zero attached hydrogens (tertiary/aromatic N) is 2. The van der Waals surface area contributed by atoms with Gasteiger partial charge in [-0.15, -0.1) is 0 Å². The number of amides is 1. The van der Waals surface area contributed by atoms with Crippen molar-refractivity contribution in [1.29, 1.82) is 0 Å². The maximum atomic E-state index is 12.0. The normalized spacial score (nSPS) is 15.8. The van der Waals surface area contributed by atoms with Gasteiger partial charge in [0.15, 0.2) is 9.84 Å². The predicted molar refractivity (Wildman–Crippen MR) is 82.6 cm³/mol. The molecule has 114 valence electrons. The summed E-state index contributed by atoms with van der Waals surface area (Å²) in [5, 5.41) is 4.16. The summed E-state index contributed by atoms with van der Waals surface area (Å²) in [5.41, 5.74) is 4.73. The molecule has 1 aliphatic heterocycles. The number of aryl methyl sites for hydroxylation is 1. The summed E-state index contributed by atoms with van der Waals surface area (Å²) in [6.45, 7) is 0.861. The summed E-state index contributed by atoms with van der Waals surface area (Å²) >= 11 is 0. The van der Waals surface area contributed by atoms with E-state index in [1.165, 1.54) is 24.3 Å². The monoisotopic (exact) mass is 317 g/mol. The standard InChI is InChI=1S/C15H15N3O3S/c1-22(20,21)12-6-4-11(5-7-12)15(19)17-16-13-8-10-18-9-2-3-14(13)18/h2-7,9H,8,10H2,1H3,(H,17,19). The SMILES string of the molecule is CS(=O)(=O)c1ccc(C(=O)NN=C2CCn3cccc32)cc1. The number of benzene rings is 1. The molecule has 0 unspecified atom stereocenters. The van der Waals surface area contributed by atoms with Gasteiger partial charge in [0.2, 0.25) is 0 Å². The quantitative estimate of drug-likeness (QED) is 0.870. The van der Waals surface area contributed by atoms with Gasteiger partial charge in [0.25, 0.3) is 5.91 Å². The zero-order chi connectivity index (χ0) is 15.7. The Kier molecular flexibility index (Phi) is 3.58. The molecule has 0 saturated carbocycles. The highest BCUT2D eigenvalue weighted by molar-refractivity contribution is 7.90. The first-order valence-corrected chi connectivity index (χ1v) is 8.67. The molecule has 0 bridgehead atoms. The fraction of sp³-hybridized carbons (Fsp3) is 0.200. The summed E-state index contributed by atoms with van der Waals surface area (Å²) in [6, 6.07) is 9.68. The van der Waals surface area contributed by atoms with Gasteiger partial charge in [-0.3, -0.25) is 4.79 Å². The highest BCUT2D eigenvalue weighted by Gasteiger charge is 2.17. The molecule has 0 saturated heterocycles. The van der Waals surface area contributed by atoms with Crippen molar-refractivity contribution in [3.8, 4) is 0 Å². The van der Waals surface area contributed by atoms with Crippen molar-refractivity contribution in [2.45, 2.75) is 17.9 Å². The Bertz CT molecular complexity index is 848. The van der Waals surface area contributed by atoms with Crippen LogP contribution in [0.25, 0.3) is 0 Å². The third-order valence-corrected chi connectivity index (χ3v) is 4.68. The second-order valence-electron chi connectivity index (χ2n) is 5.13. The lowest BCUT2D eigenvalue weighted by molar-refractivity contribution is 0.0954. The smallest absolute Gasteiger partial charge is 0.271 e. The van der Waals surface area contributed by atoms with Gasteiger partial charge in [-0.2, -0.15) is 5.10 Å². The lowest BCUT2D eigenvalue weighted by Gasteiger charge is -2.03. The van der Waals surface area contributed by atoms with E-state index >= 15 is 0 Å². The molecule has 1 aromatic carbocycles. The number of hydrogen-bond acceptors (Lipinski definition) is 4. The lowest BCUT2D eigenvalue weighted by Crippen LogP contribution is -2.19. The first kappa shape index (κ1) is 14.5. The van der Waals surface area contributed by atoms with Crippen LogP contribution >= 0.6 is 0 Å². The van der Waals surface area contributed by atoms with Crippen molar-refractivity contribution in [2.75, 3.05) is 6.26 Å². The number of rotatable bonds is 3. The van der Waals surface area contributed by atoms with Crippen LogP contribution in [0.1, 0.15) is 22.5 Å². The molecule has 1 N–H and O–H groups in total. The van der Waals surface area contributed by atoms with Gasteiger partial charge in [0.05, 0.1) is 16.3 Å². The number of carbonyl (C=O) groups excluding carboxylic acids is 1. The number of carbonyl (C=O) groups is 1. The molecular formula is C15H15N3O3S. The van der Waals surface area contributed by atoms with Gasteiger partial charge in [0, 0.05) is 31.0 Å². The van der Waals surface area contributed by atoms with E-state index in [2.05, 4.69) is 15.1 Å². The first-order chi connectivity index (χ1) is 10.4. The van der Waals surface area contributed by atoms with Crippen LogP contribution in [-0.4, -0.2) is 30.9 Å². The van der Waals surface area contributed by atoms with Gasteiger partial charge >= 0.3 is 0 Å². The van der Waals surface area contributed by atoms with Crippen LogP contribution in [-0.2, 0) is 16.4 Å². The fourth-order valence-electron chi connectivity index (χ4n) is 2.37. The van der Waals surface area contributed by atoms with Crippen molar-refractivity contribution < 1.29 is 13.2 Å². The molecule has 22 heavy (non-hydrogen) atoms. The third kappa shape index (κ3) is 2.80. The van der Waals surface area contributed by atoms with Crippen molar-refractivity contribution in [1.82, 2.24) is 9.99 Å². The average molecular weight is 317 g/mol. The zero-order valence-electron chi connectivity index (χ0n) is 12.0. The molecule has 3 rings (SSSR count). The van der Waals surface area contributed by atoms with Crippen molar-refractivity contribution in [2.24, 2.45) is 5.10 Å². The van der Waals surface area contributed by atoms with Crippen LogP contribution in [0.2, 0.25) is 0 Å². The van der Waals surface area contributed by atoms with Crippen molar-refractivity contribution in [3.63, 3.8) is 0 Å². The minimum atomic E-state index is -3.26.